The number of nitrogens with one attached hydrogen (secondary N) is 1. The molecule has 0 radical (unpaired) electrons. The number of nitrogens with zero attached hydrogens (tertiary/aromatic N) is 1. The van der Waals surface area contributed by atoms with Gasteiger partial charge in [0.2, 0.25) is 5.91 Å². The summed E-state index contributed by atoms with van der Waals surface area (Å²) in [5.41, 5.74) is 3.70. The molecule has 1 amide bonds. The van der Waals surface area contributed by atoms with Crippen molar-refractivity contribution in [3.8, 4) is 0 Å². The molecule has 0 saturated carbocycles. The zero-order valence-electron chi connectivity index (χ0n) is 12.2. The third-order valence-corrected chi connectivity index (χ3v) is 4.33. The number of benzene rings is 1. The molecule has 0 bridgehead atoms. The van der Waals surface area contributed by atoms with E-state index in [4.69, 9.17) is 4.74 Å². The number of ether oxygens (including phenoxy) is 1. The summed E-state index contributed by atoms with van der Waals surface area (Å²) in [6.07, 6.45) is 1.90. The van der Waals surface area contributed by atoms with Gasteiger partial charge in [0.05, 0.1) is 6.54 Å². The zero-order chi connectivity index (χ0) is 14.1. The number of aryl methyl sites for hydroxylation is 2. The zero-order valence-corrected chi connectivity index (χ0v) is 12.2. The molecule has 1 atom stereocenters. The molecule has 20 heavy (non-hydrogen) atoms. The van der Waals surface area contributed by atoms with Gasteiger partial charge in [0.15, 0.2) is 0 Å². The number of carbonyl (C=O) groups is 1. The normalized spacial score (nSPS) is 24.4. The maximum atomic E-state index is 12.3. The number of rotatable bonds is 2. The molecule has 0 aliphatic carbocycles. The summed E-state index contributed by atoms with van der Waals surface area (Å²) < 4.78 is 5.42. The Hall–Kier alpha value is -1.39. The summed E-state index contributed by atoms with van der Waals surface area (Å²) >= 11 is 0. The van der Waals surface area contributed by atoms with Gasteiger partial charge in [0, 0.05) is 19.3 Å². The Bertz CT molecular complexity index is 509. The quantitative estimate of drug-likeness (QED) is 0.896. The predicted molar refractivity (Wildman–Crippen MR) is 77.3 cm³/mol. The van der Waals surface area contributed by atoms with Gasteiger partial charge >= 0.3 is 0 Å². The van der Waals surface area contributed by atoms with Gasteiger partial charge in [-0.15, -0.1) is 0 Å². The van der Waals surface area contributed by atoms with E-state index in [1.54, 1.807) is 0 Å². The third kappa shape index (κ3) is 2.45. The Morgan fingerprint density at radius 3 is 2.75 bits per heavy atom. The standard InChI is InChI=1S/C16H22N2O2/c1-11-3-4-12(2)14(9-11)16-17-10-15(19)18(16)13-5-7-20-8-6-13/h3-4,9,13,16-17H,5-8,10H2,1-2H3. The summed E-state index contributed by atoms with van der Waals surface area (Å²) in [4.78, 5) is 14.3. The number of carbonyl (C=O) groups excluding carboxylic acids is 1. The van der Waals surface area contributed by atoms with Crippen LogP contribution in [-0.2, 0) is 9.53 Å². The maximum Gasteiger partial charge on any atom is 0.238 e. The second-order valence-corrected chi connectivity index (χ2v) is 5.79. The minimum absolute atomic E-state index is 0.0190. The molecular weight excluding hydrogens is 252 g/mol. The molecule has 1 N–H and O–H groups in total. The summed E-state index contributed by atoms with van der Waals surface area (Å²) in [6, 6.07) is 6.75. The van der Waals surface area contributed by atoms with Gasteiger partial charge in [-0.25, -0.2) is 0 Å². The Labute approximate surface area is 120 Å². The first-order valence-electron chi connectivity index (χ1n) is 7.36. The fraction of sp³-hybridized carbons (Fsp3) is 0.562. The van der Waals surface area contributed by atoms with Gasteiger partial charge in [-0.05, 0) is 37.8 Å². The molecule has 1 aromatic rings. The Morgan fingerprint density at radius 2 is 2.00 bits per heavy atom. The van der Waals surface area contributed by atoms with Gasteiger partial charge in [-0.3, -0.25) is 10.1 Å². The molecule has 4 nitrogen and oxygen atoms in total. The first kappa shape index (κ1) is 13.6. The van der Waals surface area contributed by atoms with Crippen LogP contribution >= 0.6 is 0 Å². The summed E-state index contributed by atoms with van der Waals surface area (Å²) in [6.45, 7) is 6.16. The van der Waals surface area contributed by atoms with Crippen LogP contribution in [0.1, 0.15) is 35.7 Å². The lowest BCUT2D eigenvalue weighted by atomic mass is 10.00. The number of hydrogen-bond acceptors (Lipinski definition) is 3. The van der Waals surface area contributed by atoms with Gasteiger partial charge in [-0.2, -0.15) is 0 Å². The monoisotopic (exact) mass is 274 g/mol. The van der Waals surface area contributed by atoms with Gasteiger partial charge in [0.1, 0.15) is 6.17 Å². The van der Waals surface area contributed by atoms with E-state index in [1.165, 1.54) is 16.7 Å². The first-order valence-corrected chi connectivity index (χ1v) is 7.36. The van der Waals surface area contributed by atoms with E-state index in [-0.39, 0.29) is 12.1 Å². The van der Waals surface area contributed by atoms with Crippen LogP contribution < -0.4 is 5.32 Å². The molecular formula is C16H22N2O2. The Kier molecular flexibility index (Phi) is 3.76. The predicted octanol–water partition coefficient (Wildman–Crippen LogP) is 1.91. The van der Waals surface area contributed by atoms with E-state index < -0.39 is 0 Å². The largest absolute Gasteiger partial charge is 0.381 e. The molecule has 0 spiro atoms. The average Bonchev–Trinajstić information content (AvgIpc) is 2.84. The van der Waals surface area contributed by atoms with E-state index in [1.807, 2.05) is 4.90 Å². The third-order valence-electron chi connectivity index (χ3n) is 4.33. The maximum absolute atomic E-state index is 12.3. The molecule has 2 aliphatic heterocycles. The minimum Gasteiger partial charge on any atom is -0.381 e. The highest BCUT2D eigenvalue weighted by atomic mass is 16.5. The fourth-order valence-corrected chi connectivity index (χ4v) is 3.21. The lowest BCUT2D eigenvalue weighted by Gasteiger charge is -2.35. The lowest BCUT2D eigenvalue weighted by molar-refractivity contribution is -0.132. The highest BCUT2D eigenvalue weighted by Gasteiger charge is 2.37. The second-order valence-electron chi connectivity index (χ2n) is 5.79. The second kappa shape index (κ2) is 5.54. The smallest absolute Gasteiger partial charge is 0.238 e. The van der Waals surface area contributed by atoms with Crippen LogP contribution in [0.5, 0.6) is 0 Å². The van der Waals surface area contributed by atoms with Crippen LogP contribution in [0.2, 0.25) is 0 Å². The van der Waals surface area contributed by atoms with Gasteiger partial charge in [-0.1, -0.05) is 23.8 Å². The molecule has 3 rings (SSSR count). The van der Waals surface area contributed by atoms with E-state index >= 15 is 0 Å². The van der Waals surface area contributed by atoms with Crippen molar-refractivity contribution in [2.75, 3.05) is 19.8 Å². The summed E-state index contributed by atoms with van der Waals surface area (Å²) in [5, 5.41) is 3.37. The average molecular weight is 274 g/mol. The Balaban J connectivity index is 1.90. The van der Waals surface area contributed by atoms with Crippen LogP contribution in [0.4, 0.5) is 0 Å². The van der Waals surface area contributed by atoms with E-state index in [9.17, 15) is 4.79 Å². The van der Waals surface area contributed by atoms with E-state index in [0.29, 0.717) is 12.6 Å². The lowest BCUT2D eigenvalue weighted by Crippen LogP contribution is -2.43. The molecule has 2 fully saturated rings. The summed E-state index contributed by atoms with van der Waals surface area (Å²) in [5.74, 6) is 0.211. The molecule has 108 valence electrons. The molecule has 2 heterocycles. The first-order chi connectivity index (χ1) is 9.66. The Morgan fingerprint density at radius 1 is 1.25 bits per heavy atom. The molecule has 2 aliphatic rings. The highest BCUT2D eigenvalue weighted by molar-refractivity contribution is 5.81. The molecule has 4 heteroatoms. The van der Waals surface area contributed by atoms with Crippen molar-refractivity contribution in [1.29, 1.82) is 0 Å². The van der Waals surface area contributed by atoms with Crippen molar-refractivity contribution >= 4 is 5.91 Å². The van der Waals surface area contributed by atoms with Crippen molar-refractivity contribution in [3.05, 3.63) is 34.9 Å². The minimum atomic E-state index is 0.0190. The van der Waals surface area contributed by atoms with Crippen LogP contribution in [-0.4, -0.2) is 36.6 Å². The molecule has 1 unspecified atom stereocenters. The molecule has 2 saturated heterocycles. The topological polar surface area (TPSA) is 41.6 Å². The fourth-order valence-electron chi connectivity index (χ4n) is 3.21. The van der Waals surface area contributed by atoms with Crippen LogP contribution in [0.25, 0.3) is 0 Å². The van der Waals surface area contributed by atoms with Crippen molar-refractivity contribution in [2.24, 2.45) is 0 Å². The van der Waals surface area contributed by atoms with Crippen molar-refractivity contribution in [2.45, 2.75) is 38.9 Å². The number of hydrogen-bond donors (Lipinski definition) is 1. The van der Waals surface area contributed by atoms with Gasteiger partial charge in [0.25, 0.3) is 0 Å². The SMILES string of the molecule is Cc1ccc(C)c(C2NCC(=O)N2C2CCOCC2)c1. The molecule has 1 aromatic carbocycles. The van der Waals surface area contributed by atoms with Crippen molar-refractivity contribution < 1.29 is 9.53 Å². The van der Waals surface area contributed by atoms with Crippen LogP contribution in [0.15, 0.2) is 18.2 Å². The highest BCUT2D eigenvalue weighted by Crippen LogP contribution is 2.30. The summed E-state index contributed by atoms with van der Waals surface area (Å²) in [7, 11) is 0. The number of amides is 1. The van der Waals surface area contributed by atoms with Crippen LogP contribution in [0.3, 0.4) is 0 Å². The van der Waals surface area contributed by atoms with E-state index in [0.717, 1.165) is 26.1 Å². The van der Waals surface area contributed by atoms with Crippen LogP contribution in [0, 0.1) is 13.8 Å². The van der Waals surface area contributed by atoms with Crippen molar-refractivity contribution in [3.63, 3.8) is 0 Å². The van der Waals surface area contributed by atoms with Gasteiger partial charge < -0.3 is 9.64 Å². The molecule has 0 aromatic heterocycles. The van der Waals surface area contributed by atoms with E-state index in [2.05, 4.69) is 37.4 Å². The van der Waals surface area contributed by atoms with Crippen molar-refractivity contribution in [1.82, 2.24) is 10.2 Å².